The molecule has 0 aliphatic heterocycles. The molecule has 0 bridgehead atoms. The normalized spacial score (nSPS) is 10.6. The predicted octanol–water partition coefficient (Wildman–Crippen LogP) is 3.62. The summed E-state index contributed by atoms with van der Waals surface area (Å²) in [5.74, 6) is 0.651. The van der Waals surface area contributed by atoms with Crippen LogP contribution in [0, 0.1) is 0 Å². The van der Waals surface area contributed by atoms with E-state index in [1.165, 1.54) is 23.1 Å². The molecule has 4 rings (SSSR count). The van der Waals surface area contributed by atoms with Crippen molar-refractivity contribution in [3.63, 3.8) is 0 Å². The third-order valence-corrected chi connectivity index (χ3v) is 6.76. The van der Waals surface area contributed by atoms with Gasteiger partial charge in [-0.1, -0.05) is 36.0 Å². The molecule has 0 fully saturated rings. The molecule has 2 amide bonds. The van der Waals surface area contributed by atoms with Crippen LogP contribution < -0.4 is 15.6 Å². The largest absolute Gasteiger partial charge is 0.495 e. The number of amides is 2. The van der Waals surface area contributed by atoms with Crippen molar-refractivity contribution >= 4 is 46.2 Å². The highest BCUT2D eigenvalue weighted by Crippen LogP contribution is 2.33. The van der Waals surface area contributed by atoms with Crippen molar-refractivity contribution in [2.24, 2.45) is 0 Å². The van der Waals surface area contributed by atoms with Crippen molar-refractivity contribution in [2.45, 2.75) is 5.16 Å². The third kappa shape index (κ3) is 4.79. The average molecular weight is 472 g/mol. The molecule has 1 aromatic carbocycles. The molecule has 0 saturated heterocycles. The summed E-state index contributed by atoms with van der Waals surface area (Å²) in [7, 11) is 1.60. The number of aromatic nitrogens is 3. The van der Waals surface area contributed by atoms with Crippen molar-refractivity contribution < 1.29 is 14.3 Å². The topological polar surface area (TPSA) is 98.1 Å². The molecule has 4 aromatic rings. The van der Waals surface area contributed by atoms with Crippen LogP contribution in [0.3, 0.4) is 0 Å². The molecule has 31 heavy (non-hydrogen) atoms. The van der Waals surface area contributed by atoms with Gasteiger partial charge < -0.3 is 4.74 Å². The van der Waals surface area contributed by atoms with Crippen molar-refractivity contribution in [2.75, 3.05) is 12.9 Å². The Labute approximate surface area is 190 Å². The van der Waals surface area contributed by atoms with Gasteiger partial charge in [-0.05, 0) is 35.0 Å². The molecule has 0 radical (unpaired) electrons. The zero-order valence-electron chi connectivity index (χ0n) is 16.3. The van der Waals surface area contributed by atoms with Crippen LogP contribution in [0.25, 0.3) is 16.4 Å². The highest BCUT2D eigenvalue weighted by atomic mass is 32.2. The number of carbonyl (C=O) groups excluding carboxylic acids is 2. The Morgan fingerprint density at radius 1 is 1.03 bits per heavy atom. The molecule has 3 aromatic heterocycles. The van der Waals surface area contributed by atoms with Gasteiger partial charge in [0.1, 0.15) is 5.75 Å². The summed E-state index contributed by atoms with van der Waals surface area (Å²) in [5, 5.41) is 12.9. The lowest BCUT2D eigenvalue weighted by atomic mass is 10.3. The maximum absolute atomic E-state index is 12.3. The summed E-state index contributed by atoms with van der Waals surface area (Å²) in [6.45, 7) is 0. The van der Waals surface area contributed by atoms with Crippen molar-refractivity contribution in [3.8, 4) is 22.1 Å². The number of nitrogens with zero attached hydrogens (tertiary/aromatic N) is 3. The van der Waals surface area contributed by atoms with Crippen molar-refractivity contribution in [3.05, 3.63) is 64.2 Å². The molecule has 3 heterocycles. The lowest BCUT2D eigenvalue weighted by Crippen LogP contribution is -2.42. The standard InChI is InChI=1S/C20H17N5O3S3/c1-28-14-7-3-2-6-13(14)25-18(15-8-4-10-29-15)22-24-20(25)31-12-17(26)21-23-19(27)16-9-5-11-30-16/h2-11H,12H2,1H3,(H,21,26)(H,23,27). The van der Waals surface area contributed by atoms with Gasteiger partial charge in [0.05, 0.1) is 28.3 Å². The second kappa shape index (κ2) is 9.77. The molecule has 0 saturated carbocycles. The number of nitrogens with one attached hydrogen (secondary N) is 2. The Hall–Kier alpha value is -3.15. The summed E-state index contributed by atoms with van der Waals surface area (Å²) in [5.41, 5.74) is 5.61. The minimum Gasteiger partial charge on any atom is -0.495 e. The number of benzene rings is 1. The number of thiophene rings is 2. The number of para-hydroxylation sites is 2. The van der Waals surface area contributed by atoms with Gasteiger partial charge in [0.15, 0.2) is 11.0 Å². The van der Waals surface area contributed by atoms with Crippen LogP contribution in [0.1, 0.15) is 9.67 Å². The molecule has 11 heteroatoms. The molecule has 8 nitrogen and oxygen atoms in total. The quantitative estimate of drug-likeness (QED) is 0.316. The number of carbonyl (C=O) groups is 2. The molecular weight excluding hydrogens is 454 g/mol. The number of hydrazine groups is 1. The first-order valence-electron chi connectivity index (χ1n) is 9.05. The van der Waals surface area contributed by atoms with Gasteiger partial charge in [0.25, 0.3) is 5.91 Å². The van der Waals surface area contributed by atoms with E-state index in [4.69, 9.17) is 4.74 Å². The molecule has 0 spiro atoms. The van der Waals surface area contributed by atoms with Crippen LogP contribution in [0.2, 0.25) is 0 Å². The van der Waals surface area contributed by atoms with E-state index in [9.17, 15) is 9.59 Å². The van der Waals surface area contributed by atoms with Gasteiger partial charge in [-0.3, -0.25) is 25.0 Å². The molecular formula is C20H17N5O3S3. The van der Waals surface area contributed by atoms with Gasteiger partial charge in [-0.25, -0.2) is 0 Å². The lowest BCUT2D eigenvalue weighted by molar-refractivity contribution is -0.119. The molecule has 2 N–H and O–H groups in total. The first-order valence-corrected chi connectivity index (χ1v) is 11.8. The van der Waals surface area contributed by atoms with E-state index < -0.39 is 0 Å². The molecule has 0 atom stereocenters. The van der Waals surface area contributed by atoms with E-state index in [1.54, 1.807) is 36.0 Å². The Balaban J connectivity index is 1.52. The third-order valence-electron chi connectivity index (χ3n) is 4.09. The van der Waals surface area contributed by atoms with Crippen molar-refractivity contribution in [1.82, 2.24) is 25.6 Å². The first-order chi connectivity index (χ1) is 15.2. The van der Waals surface area contributed by atoms with Crippen LogP contribution in [0.15, 0.2) is 64.4 Å². The molecule has 0 unspecified atom stereocenters. The number of rotatable bonds is 7. The highest BCUT2D eigenvalue weighted by molar-refractivity contribution is 7.99. The maximum atomic E-state index is 12.3. The van der Waals surface area contributed by atoms with Gasteiger partial charge in [-0.15, -0.1) is 32.9 Å². The second-order valence-corrected chi connectivity index (χ2v) is 8.90. The monoisotopic (exact) mass is 471 g/mol. The van der Waals surface area contributed by atoms with E-state index in [0.717, 1.165) is 10.6 Å². The molecule has 0 aliphatic carbocycles. The van der Waals surface area contributed by atoms with Gasteiger partial charge in [0, 0.05) is 0 Å². The van der Waals surface area contributed by atoms with E-state index in [1.807, 2.05) is 46.3 Å². The SMILES string of the molecule is COc1ccccc1-n1c(SCC(=O)NNC(=O)c2cccs2)nnc1-c1cccs1. The van der Waals surface area contributed by atoms with Crippen LogP contribution in [0.5, 0.6) is 5.75 Å². The fraction of sp³-hybridized carbons (Fsp3) is 0.100. The fourth-order valence-corrected chi connectivity index (χ4v) is 4.78. The van der Waals surface area contributed by atoms with Crippen LogP contribution in [-0.4, -0.2) is 39.4 Å². The number of hydrogen-bond donors (Lipinski definition) is 2. The smallest absolute Gasteiger partial charge is 0.279 e. The maximum Gasteiger partial charge on any atom is 0.279 e. The van der Waals surface area contributed by atoms with Crippen LogP contribution in [-0.2, 0) is 4.79 Å². The Bertz CT molecular complexity index is 1170. The van der Waals surface area contributed by atoms with Gasteiger partial charge >= 0.3 is 0 Å². The first kappa shape index (κ1) is 21.1. The zero-order valence-corrected chi connectivity index (χ0v) is 18.7. The summed E-state index contributed by atoms with van der Waals surface area (Å²) in [6.07, 6.45) is 0. The molecule has 158 valence electrons. The highest BCUT2D eigenvalue weighted by Gasteiger charge is 2.20. The number of hydrogen-bond acceptors (Lipinski definition) is 8. The minimum absolute atomic E-state index is 0.0441. The summed E-state index contributed by atoms with van der Waals surface area (Å²) in [4.78, 5) is 25.7. The second-order valence-electron chi connectivity index (χ2n) is 6.06. The van der Waals surface area contributed by atoms with E-state index >= 15 is 0 Å². The van der Waals surface area contributed by atoms with Crippen molar-refractivity contribution in [1.29, 1.82) is 0 Å². The summed E-state index contributed by atoms with van der Waals surface area (Å²) >= 11 is 4.06. The number of thioether (sulfide) groups is 1. The van der Waals surface area contributed by atoms with Crippen LogP contribution in [0.4, 0.5) is 0 Å². The van der Waals surface area contributed by atoms with E-state index in [-0.39, 0.29) is 17.6 Å². The Morgan fingerprint density at radius 3 is 2.58 bits per heavy atom. The van der Waals surface area contributed by atoms with Gasteiger partial charge in [0.2, 0.25) is 5.91 Å². The summed E-state index contributed by atoms with van der Waals surface area (Å²) < 4.78 is 7.38. The minimum atomic E-state index is -0.359. The average Bonchev–Trinajstić information content (AvgIpc) is 3.56. The Kier molecular flexibility index (Phi) is 6.65. The summed E-state index contributed by atoms with van der Waals surface area (Å²) in [6, 6.07) is 14.9. The van der Waals surface area contributed by atoms with Gasteiger partial charge in [-0.2, -0.15) is 0 Å². The fourth-order valence-electron chi connectivity index (χ4n) is 2.72. The zero-order chi connectivity index (χ0) is 21.6. The van der Waals surface area contributed by atoms with Crippen LogP contribution >= 0.6 is 34.4 Å². The Morgan fingerprint density at radius 2 is 1.84 bits per heavy atom. The lowest BCUT2D eigenvalue weighted by Gasteiger charge is -2.13. The number of methoxy groups -OCH3 is 1. The molecule has 0 aliphatic rings. The number of ether oxygens (including phenoxy) is 1. The van der Waals surface area contributed by atoms with E-state index in [2.05, 4.69) is 21.0 Å². The van der Waals surface area contributed by atoms with E-state index in [0.29, 0.717) is 21.6 Å². The predicted molar refractivity (Wildman–Crippen MR) is 122 cm³/mol.